The zero-order valence-electron chi connectivity index (χ0n) is 12.3. The number of benzene rings is 1. The van der Waals surface area contributed by atoms with E-state index in [0.717, 1.165) is 5.69 Å². The van der Waals surface area contributed by atoms with Crippen LogP contribution in [0.4, 0.5) is 5.69 Å². The lowest BCUT2D eigenvalue weighted by Crippen LogP contribution is -2.49. The molecule has 21 heavy (non-hydrogen) atoms. The van der Waals surface area contributed by atoms with Gasteiger partial charge in [0.2, 0.25) is 0 Å². The number of nitrogens with zero attached hydrogens (tertiary/aromatic N) is 2. The second-order valence-corrected chi connectivity index (χ2v) is 5.27. The molecule has 1 heterocycles. The van der Waals surface area contributed by atoms with Crippen molar-refractivity contribution in [3.8, 4) is 0 Å². The average Bonchev–Trinajstić information content (AvgIpc) is 2.46. The van der Waals surface area contributed by atoms with Crippen LogP contribution in [0.1, 0.15) is 16.8 Å². The minimum Gasteiger partial charge on any atom is -0.481 e. The summed E-state index contributed by atoms with van der Waals surface area (Å²) in [5.41, 5.74) is 1.58. The molecule has 0 saturated carbocycles. The zero-order valence-corrected chi connectivity index (χ0v) is 12.3. The van der Waals surface area contributed by atoms with Gasteiger partial charge in [-0.25, -0.2) is 0 Å². The molecule has 114 valence electrons. The lowest BCUT2D eigenvalue weighted by Gasteiger charge is -2.35. The van der Waals surface area contributed by atoms with Crippen LogP contribution < -0.4 is 4.90 Å². The van der Waals surface area contributed by atoms with E-state index in [0.29, 0.717) is 18.7 Å². The number of hydrogen-bond donors (Lipinski definition) is 1. The lowest BCUT2D eigenvalue weighted by molar-refractivity contribution is -0.139. The molecule has 1 N–H and O–H groups in total. The molecule has 0 spiro atoms. The van der Waals surface area contributed by atoms with E-state index in [2.05, 4.69) is 0 Å². The number of carbonyl (C=O) groups excluding carboxylic acids is 1. The Labute approximate surface area is 123 Å². The largest absolute Gasteiger partial charge is 0.481 e. The highest BCUT2D eigenvalue weighted by Gasteiger charge is 2.29. The summed E-state index contributed by atoms with van der Waals surface area (Å²) in [6, 6.07) is 6.88. The van der Waals surface area contributed by atoms with E-state index in [4.69, 9.17) is 9.84 Å². The number of anilines is 1. The number of carboxylic acid groups (broad SMARTS) is 1. The zero-order chi connectivity index (χ0) is 15.4. The van der Waals surface area contributed by atoms with E-state index >= 15 is 0 Å². The van der Waals surface area contributed by atoms with Crippen molar-refractivity contribution in [1.82, 2.24) is 4.90 Å². The van der Waals surface area contributed by atoms with Gasteiger partial charge < -0.3 is 19.6 Å². The highest BCUT2D eigenvalue weighted by atomic mass is 16.5. The van der Waals surface area contributed by atoms with Crippen LogP contribution in [0.5, 0.6) is 0 Å². The number of morpholine rings is 1. The molecule has 1 aliphatic heterocycles. The summed E-state index contributed by atoms with van der Waals surface area (Å²) in [7, 11) is 3.86. The summed E-state index contributed by atoms with van der Waals surface area (Å²) in [6.45, 7) is 1.14. The van der Waals surface area contributed by atoms with E-state index in [9.17, 15) is 9.59 Å². The minimum absolute atomic E-state index is 0.0957. The lowest BCUT2D eigenvalue weighted by atomic mass is 10.1. The Morgan fingerprint density at radius 1 is 1.33 bits per heavy atom. The third-order valence-corrected chi connectivity index (χ3v) is 3.53. The molecule has 6 nitrogen and oxygen atoms in total. The van der Waals surface area contributed by atoms with Gasteiger partial charge >= 0.3 is 5.97 Å². The summed E-state index contributed by atoms with van der Waals surface area (Å²) in [5.74, 6) is -1.07. The van der Waals surface area contributed by atoms with E-state index in [-0.39, 0.29) is 18.9 Å². The van der Waals surface area contributed by atoms with E-state index in [1.807, 2.05) is 31.1 Å². The second kappa shape index (κ2) is 6.58. The first-order chi connectivity index (χ1) is 9.99. The van der Waals surface area contributed by atoms with Gasteiger partial charge in [-0.15, -0.1) is 0 Å². The Bertz CT molecular complexity index is 513. The predicted molar refractivity (Wildman–Crippen MR) is 78.7 cm³/mol. The van der Waals surface area contributed by atoms with Crippen molar-refractivity contribution in [3.63, 3.8) is 0 Å². The van der Waals surface area contributed by atoms with Gasteiger partial charge in [0.05, 0.1) is 25.7 Å². The minimum atomic E-state index is -0.925. The number of carboxylic acids is 1. The number of rotatable bonds is 4. The molecular formula is C15H20N2O4. The standard InChI is InChI=1S/C15H20N2O4/c1-16(2)12-5-3-11(4-6-12)15(20)17-7-8-21-10-13(17)9-14(18)19/h3-6,13H,7-10H2,1-2H3,(H,18,19)/t13-/m0/s1. The molecule has 6 heteroatoms. The number of hydrogen-bond acceptors (Lipinski definition) is 4. The van der Waals surface area contributed by atoms with Crippen molar-refractivity contribution < 1.29 is 19.4 Å². The Morgan fingerprint density at radius 3 is 2.57 bits per heavy atom. The molecule has 2 rings (SSSR count). The fourth-order valence-corrected chi connectivity index (χ4v) is 2.36. The van der Waals surface area contributed by atoms with Crippen LogP contribution in [-0.2, 0) is 9.53 Å². The molecule has 0 radical (unpaired) electrons. The first-order valence-corrected chi connectivity index (χ1v) is 6.87. The maximum absolute atomic E-state index is 12.5. The Hall–Kier alpha value is -2.08. The van der Waals surface area contributed by atoms with Crippen LogP contribution in [0.15, 0.2) is 24.3 Å². The number of aliphatic carboxylic acids is 1. The molecule has 0 unspecified atom stereocenters. The first kappa shape index (κ1) is 15.3. The fourth-order valence-electron chi connectivity index (χ4n) is 2.36. The van der Waals surface area contributed by atoms with Crippen molar-refractivity contribution in [2.45, 2.75) is 12.5 Å². The van der Waals surface area contributed by atoms with Gasteiger partial charge in [0.15, 0.2) is 0 Å². The normalized spacial score (nSPS) is 18.4. The van der Waals surface area contributed by atoms with Crippen molar-refractivity contribution in [2.24, 2.45) is 0 Å². The number of amides is 1. The molecule has 0 bridgehead atoms. The average molecular weight is 292 g/mol. The maximum Gasteiger partial charge on any atom is 0.305 e. The number of ether oxygens (including phenoxy) is 1. The van der Waals surface area contributed by atoms with Gasteiger partial charge in [-0.2, -0.15) is 0 Å². The smallest absolute Gasteiger partial charge is 0.305 e. The van der Waals surface area contributed by atoms with Crippen molar-refractivity contribution in [2.75, 3.05) is 38.8 Å². The summed E-state index contributed by atoms with van der Waals surface area (Å²) in [6.07, 6.45) is -0.0957. The third-order valence-electron chi connectivity index (χ3n) is 3.53. The molecule has 1 amide bonds. The van der Waals surface area contributed by atoms with Gasteiger partial charge in [0.25, 0.3) is 5.91 Å². The predicted octanol–water partition coefficient (Wildman–Crippen LogP) is 1.07. The van der Waals surface area contributed by atoms with Crippen LogP contribution in [0.3, 0.4) is 0 Å². The summed E-state index contributed by atoms with van der Waals surface area (Å²) >= 11 is 0. The van der Waals surface area contributed by atoms with E-state index in [1.165, 1.54) is 0 Å². The molecule has 1 saturated heterocycles. The highest BCUT2D eigenvalue weighted by molar-refractivity contribution is 5.95. The van der Waals surface area contributed by atoms with E-state index in [1.54, 1.807) is 17.0 Å². The molecule has 0 aliphatic carbocycles. The van der Waals surface area contributed by atoms with Crippen LogP contribution in [0, 0.1) is 0 Å². The Morgan fingerprint density at radius 2 is 2.00 bits per heavy atom. The molecular weight excluding hydrogens is 272 g/mol. The third kappa shape index (κ3) is 3.72. The van der Waals surface area contributed by atoms with Gasteiger partial charge in [0.1, 0.15) is 0 Å². The van der Waals surface area contributed by atoms with E-state index < -0.39 is 12.0 Å². The topological polar surface area (TPSA) is 70.1 Å². The Balaban J connectivity index is 2.14. The van der Waals surface area contributed by atoms with Gasteiger partial charge in [0, 0.05) is 31.9 Å². The van der Waals surface area contributed by atoms with Crippen LogP contribution in [-0.4, -0.2) is 61.8 Å². The number of carbonyl (C=O) groups is 2. The second-order valence-electron chi connectivity index (χ2n) is 5.27. The maximum atomic E-state index is 12.5. The summed E-state index contributed by atoms with van der Waals surface area (Å²) in [5, 5.41) is 8.93. The molecule has 1 atom stereocenters. The molecule has 0 aromatic heterocycles. The van der Waals surface area contributed by atoms with Crippen molar-refractivity contribution >= 4 is 17.6 Å². The van der Waals surface area contributed by atoms with Crippen molar-refractivity contribution in [1.29, 1.82) is 0 Å². The van der Waals surface area contributed by atoms with Crippen LogP contribution >= 0.6 is 0 Å². The van der Waals surface area contributed by atoms with Crippen LogP contribution in [0.2, 0.25) is 0 Å². The highest BCUT2D eigenvalue weighted by Crippen LogP contribution is 2.18. The van der Waals surface area contributed by atoms with Gasteiger partial charge in [-0.05, 0) is 24.3 Å². The quantitative estimate of drug-likeness (QED) is 0.899. The Kier molecular flexibility index (Phi) is 4.80. The molecule has 1 fully saturated rings. The van der Waals surface area contributed by atoms with Crippen molar-refractivity contribution in [3.05, 3.63) is 29.8 Å². The molecule has 1 aliphatic rings. The first-order valence-electron chi connectivity index (χ1n) is 6.87. The van der Waals surface area contributed by atoms with Gasteiger partial charge in [-0.1, -0.05) is 0 Å². The van der Waals surface area contributed by atoms with Gasteiger partial charge in [-0.3, -0.25) is 9.59 Å². The monoisotopic (exact) mass is 292 g/mol. The molecule has 1 aromatic rings. The molecule has 1 aromatic carbocycles. The fraction of sp³-hybridized carbons (Fsp3) is 0.467. The SMILES string of the molecule is CN(C)c1ccc(C(=O)N2CCOC[C@@H]2CC(=O)O)cc1. The summed E-state index contributed by atoms with van der Waals surface area (Å²) in [4.78, 5) is 27.0. The van der Waals surface area contributed by atoms with Crippen LogP contribution in [0.25, 0.3) is 0 Å². The summed E-state index contributed by atoms with van der Waals surface area (Å²) < 4.78 is 5.29.